The van der Waals surface area contributed by atoms with E-state index >= 15 is 0 Å². The Morgan fingerprint density at radius 1 is 1.57 bits per heavy atom. The Labute approximate surface area is 123 Å². The molecule has 6 nitrogen and oxygen atoms in total. The van der Waals surface area contributed by atoms with Gasteiger partial charge in [-0.05, 0) is 44.1 Å². The first kappa shape index (κ1) is 13.9. The Bertz CT molecular complexity index is 651. The van der Waals surface area contributed by atoms with Gasteiger partial charge in [-0.25, -0.2) is 4.98 Å². The maximum Gasteiger partial charge on any atom is 0.251 e. The number of nitrogens with two attached hydrogens (primary N) is 1. The summed E-state index contributed by atoms with van der Waals surface area (Å²) >= 11 is 0. The number of nitrogens with one attached hydrogen (secondary N) is 2. The fourth-order valence-corrected chi connectivity index (χ4v) is 2.90. The summed E-state index contributed by atoms with van der Waals surface area (Å²) in [5.74, 6) is 0.335. The summed E-state index contributed by atoms with van der Waals surface area (Å²) in [5, 5.41) is 3.12. The first-order valence-electron chi connectivity index (χ1n) is 7.44. The van der Waals surface area contributed by atoms with Crippen LogP contribution in [0.3, 0.4) is 0 Å². The number of likely N-dealkylation sites (N-methyl/N-ethyl adjacent to an activating group) is 1. The third-order valence-electron chi connectivity index (χ3n) is 4.05. The largest absolute Gasteiger partial charge is 0.369 e. The molecule has 2 aromatic rings. The normalized spacial score (nSPS) is 19.8. The van der Waals surface area contributed by atoms with E-state index in [1.54, 1.807) is 12.1 Å². The quantitative estimate of drug-likeness (QED) is 0.795. The molecule has 1 unspecified atom stereocenters. The first-order chi connectivity index (χ1) is 10.2. The number of imidazole rings is 1. The summed E-state index contributed by atoms with van der Waals surface area (Å²) in [4.78, 5) is 21.8. The van der Waals surface area contributed by atoms with Crippen molar-refractivity contribution >= 4 is 22.9 Å². The van der Waals surface area contributed by atoms with Crippen LogP contribution in [-0.2, 0) is 0 Å². The molecule has 0 spiro atoms. The molecule has 1 aromatic heterocycles. The van der Waals surface area contributed by atoms with Crippen molar-refractivity contribution in [3.05, 3.63) is 23.8 Å². The second-order valence-electron chi connectivity index (χ2n) is 5.56. The molecule has 1 atom stereocenters. The van der Waals surface area contributed by atoms with Crippen LogP contribution < -0.4 is 11.1 Å². The van der Waals surface area contributed by atoms with Gasteiger partial charge in [-0.3, -0.25) is 4.79 Å². The lowest BCUT2D eigenvalue weighted by Gasteiger charge is -2.32. The van der Waals surface area contributed by atoms with Crippen molar-refractivity contribution in [2.24, 2.45) is 0 Å². The van der Waals surface area contributed by atoms with Gasteiger partial charge in [0.1, 0.15) is 0 Å². The van der Waals surface area contributed by atoms with Crippen molar-refractivity contribution in [3.63, 3.8) is 0 Å². The number of anilines is 1. The zero-order valence-corrected chi connectivity index (χ0v) is 12.2. The average Bonchev–Trinajstić information content (AvgIpc) is 2.86. The van der Waals surface area contributed by atoms with Crippen LogP contribution in [-0.4, -0.2) is 46.5 Å². The summed E-state index contributed by atoms with van der Waals surface area (Å²) in [6, 6.07) is 5.64. The molecular weight excluding hydrogens is 266 g/mol. The summed E-state index contributed by atoms with van der Waals surface area (Å²) < 4.78 is 0. The molecule has 21 heavy (non-hydrogen) atoms. The molecule has 3 rings (SSSR count). The predicted octanol–water partition coefficient (Wildman–Crippen LogP) is 1.36. The van der Waals surface area contributed by atoms with Crippen LogP contribution in [0.1, 0.15) is 30.1 Å². The molecule has 112 valence electrons. The van der Waals surface area contributed by atoms with Crippen LogP contribution in [0.4, 0.5) is 5.95 Å². The molecule has 1 aliphatic heterocycles. The van der Waals surface area contributed by atoms with Crippen molar-refractivity contribution in [2.75, 3.05) is 25.4 Å². The van der Waals surface area contributed by atoms with E-state index in [0.29, 0.717) is 11.5 Å². The van der Waals surface area contributed by atoms with Gasteiger partial charge in [0.25, 0.3) is 5.91 Å². The fraction of sp³-hybridized carbons (Fsp3) is 0.467. The van der Waals surface area contributed by atoms with Crippen molar-refractivity contribution in [1.82, 2.24) is 20.2 Å². The number of aromatic nitrogens is 2. The number of piperidine rings is 1. The standard InChI is InChI=1S/C15H21N5O/c1-2-20-7-3-4-11(9-20)17-14(21)10-5-6-12-13(8-10)19-15(16)18-12/h5-6,8,11H,2-4,7,9H2,1H3,(H,17,21)(H3,16,18,19). The molecule has 0 saturated carbocycles. The molecule has 1 aromatic carbocycles. The van der Waals surface area contributed by atoms with E-state index in [4.69, 9.17) is 5.73 Å². The van der Waals surface area contributed by atoms with Crippen LogP contribution in [0.15, 0.2) is 18.2 Å². The van der Waals surface area contributed by atoms with E-state index in [2.05, 4.69) is 27.1 Å². The Balaban J connectivity index is 1.71. The fourth-order valence-electron chi connectivity index (χ4n) is 2.90. The number of carbonyl (C=O) groups excluding carboxylic acids is 1. The highest BCUT2D eigenvalue weighted by Crippen LogP contribution is 2.15. The van der Waals surface area contributed by atoms with Crippen molar-refractivity contribution < 1.29 is 4.79 Å². The lowest BCUT2D eigenvalue weighted by atomic mass is 10.0. The third kappa shape index (κ3) is 3.00. The number of rotatable bonds is 3. The van der Waals surface area contributed by atoms with Gasteiger partial charge >= 0.3 is 0 Å². The van der Waals surface area contributed by atoms with Crippen LogP contribution >= 0.6 is 0 Å². The summed E-state index contributed by atoms with van der Waals surface area (Å²) in [7, 11) is 0. The van der Waals surface area contributed by atoms with E-state index in [1.165, 1.54) is 0 Å². The summed E-state index contributed by atoms with van der Waals surface area (Å²) in [5.41, 5.74) is 7.83. The number of nitrogens with zero attached hydrogens (tertiary/aromatic N) is 2. The minimum Gasteiger partial charge on any atom is -0.369 e. The molecule has 1 amide bonds. The molecule has 4 N–H and O–H groups in total. The van der Waals surface area contributed by atoms with E-state index < -0.39 is 0 Å². The van der Waals surface area contributed by atoms with Crippen LogP contribution in [0.2, 0.25) is 0 Å². The Hall–Kier alpha value is -2.08. The van der Waals surface area contributed by atoms with Gasteiger partial charge in [-0.15, -0.1) is 0 Å². The lowest BCUT2D eigenvalue weighted by Crippen LogP contribution is -2.47. The van der Waals surface area contributed by atoms with E-state index in [-0.39, 0.29) is 11.9 Å². The maximum atomic E-state index is 12.4. The van der Waals surface area contributed by atoms with Crippen LogP contribution in [0.25, 0.3) is 11.0 Å². The number of benzene rings is 1. The number of hydrogen-bond donors (Lipinski definition) is 3. The summed E-state index contributed by atoms with van der Waals surface area (Å²) in [6.07, 6.45) is 2.18. The number of hydrogen-bond acceptors (Lipinski definition) is 4. The average molecular weight is 287 g/mol. The molecule has 0 radical (unpaired) electrons. The number of nitrogen functional groups attached to an aromatic ring is 1. The van der Waals surface area contributed by atoms with Crippen molar-refractivity contribution in [3.8, 4) is 0 Å². The minimum atomic E-state index is -0.0342. The highest BCUT2D eigenvalue weighted by atomic mass is 16.1. The molecule has 0 aliphatic carbocycles. The molecule has 1 aliphatic rings. The van der Waals surface area contributed by atoms with Crippen LogP contribution in [0, 0.1) is 0 Å². The maximum absolute atomic E-state index is 12.4. The number of fused-ring (bicyclic) bond motifs is 1. The molecular formula is C15H21N5O. The Kier molecular flexibility index (Phi) is 3.79. The monoisotopic (exact) mass is 287 g/mol. The Morgan fingerprint density at radius 2 is 2.43 bits per heavy atom. The highest BCUT2D eigenvalue weighted by Gasteiger charge is 2.21. The Morgan fingerprint density at radius 3 is 3.24 bits per heavy atom. The van der Waals surface area contributed by atoms with Crippen molar-refractivity contribution in [1.29, 1.82) is 0 Å². The van der Waals surface area contributed by atoms with Gasteiger partial charge in [0.2, 0.25) is 0 Å². The molecule has 0 bridgehead atoms. The van der Waals surface area contributed by atoms with Gasteiger partial charge in [0.15, 0.2) is 5.95 Å². The highest BCUT2D eigenvalue weighted by molar-refractivity contribution is 5.97. The second-order valence-corrected chi connectivity index (χ2v) is 5.56. The molecule has 1 fully saturated rings. The van der Waals surface area contributed by atoms with E-state index in [1.807, 2.05) is 6.07 Å². The summed E-state index contributed by atoms with van der Waals surface area (Å²) in [6.45, 7) is 5.25. The first-order valence-corrected chi connectivity index (χ1v) is 7.44. The van der Waals surface area contributed by atoms with Gasteiger partial charge in [-0.1, -0.05) is 6.92 Å². The smallest absolute Gasteiger partial charge is 0.251 e. The molecule has 1 saturated heterocycles. The predicted molar refractivity (Wildman–Crippen MR) is 83.1 cm³/mol. The zero-order valence-electron chi connectivity index (χ0n) is 12.2. The molecule has 2 heterocycles. The SMILES string of the molecule is CCN1CCCC(NC(=O)c2ccc3nc(N)[nH]c3c2)C1. The van der Waals surface area contributed by atoms with Gasteiger partial charge in [-0.2, -0.15) is 0 Å². The lowest BCUT2D eigenvalue weighted by molar-refractivity contribution is 0.0906. The third-order valence-corrected chi connectivity index (χ3v) is 4.05. The van der Waals surface area contributed by atoms with Gasteiger partial charge < -0.3 is 20.9 Å². The minimum absolute atomic E-state index is 0.0342. The number of likely N-dealkylation sites (tertiary alicyclic amines) is 1. The van der Waals surface area contributed by atoms with Gasteiger partial charge in [0.05, 0.1) is 11.0 Å². The number of aromatic amines is 1. The molecule has 6 heteroatoms. The van der Waals surface area contributed by atoms with Gasteiger partial charge in [0, 0.05) is 18.2 Å². The van der Waals surface area contributed by atoms with Crippen LogP contribution in [0.5, 0.6) is 0 Å². The number of amides is 1. The zero-order chi connectivity index (χ0) is 14.8. The van der Waals surface area contributed by atoms with E-state index in [9.17, 15) is 4.79 Å². The topological polar surface area (TPSA) is 87.0 Å². The van der Waals surface area contributed by atoms with E-state index in [0.717, 1.165) is 43.5 Å². The van der Waals surface area contributed by atoms with Crippen molar-refractivity contribution in [2.45, 2.75) is 25.8 Å². The number of H-pyrrole nitrogens is 1. The second kappa shape index (κ2) is 5.73. The number of carbonyl (C=O) groups is 1.